The first-order valence-corrected chi connectivity index (χ1v) is 7.66. The van der Waals surface area contributed by atoms with E-state index in [1.54, 1.807) is 25.1 Å². The minimum absolute atomic E-state index is 0.0312. The molecule has 0 saturated heterocycles. The maximum atomic E-state index is 13.8. The molecule has 0 aliphatic carbocycles. The number of amides is 2. The number of hydrogen-bond acceptors (Lipinski definition) is 3. The monoisotopic (exact) mass is 346 g/mol. The Bertz CT molecular complexity index is 854. The lowest BCUT2D eigenvalue weighted by Gasteiger charge is -2.26. The van der Waals surface area contributed by atoms with Crippen LogP contribution >= 0.6 is 0 Å². The van der Waals surface area contributed by atoms with Crippen molar-refractivity contribution in [3.05, 3.63) is 59.2 Å². The molecule has 0 fully saturated rings. The highest BCUT2D eigenvalue weighted by Crippen LogP contribution is 2.34. The molecular weight excluding hydrogens is 330 g/mol. The third-order valence-corrected chi connectivity index (χ3v) is 3.94. The Labute approximate surface area is 143 Å². The molecule has 3 rings (SSSR count). The van der Waals surface area contributed by atoms with Crippen LogP contribution in [0.2, 0.25) is 0 Å². The van der Waals surface area contributed by atoms with E-state index in [0.717, 1.165) is 12.1 Å². The van der Waals surface area contributed by atoms with Crippen LogP contribution in [0, 0.1) is 11.6 Å². The van der Waals surface area contributed by atoms with Gasteiger partial charge in [-0.25, -0.2) is 8.78 Å². The van der Waals surface area contributed by atoms with Crippen LogP contribution in [0.1, 0.15) is 22.8 Å². The summed E-state index contributed by atoms with van der Waals surface area (Å²) in [5, 5.41) is 2.67. The summed E-state index contributed by atoms with van der Waals surface area (Å²) in [5.74, 6) is -1.80. The molecule has 1 aliphatic heterocycles. The van der Waals surface area contributed by atoms with Crippen molar-refractivity contribution in [2.75, 3.05) is 12.4 Å². The average molecular weight is 346 g/mol. The van der Waals surface area contributed by atoms with Crippen LogP contribution in [-0.4, -0.2) is 29.9 Å². The second-order valence-corrected chi connectivity index (χ2v) is 5.83. The highest BCUT2D eigenvalue weighted by atomic mass is 19.1. The molecule has 1 atom stereocenters. The molecule has 2 aromatic rings. The van der Waals surface area contributed by atoms with Gasteiger partial charge >= 0.3 is 0 Å². The van der Waals surface area contributed by atoms with Gasteiger partial charge in [0, 0.05) is 25.2 Å². The molecule has 0 radical (unpaired) electrons. The second-order valence-electron chi connectivity index (χ2n) is 5.83. The van der Waals surface area contributed by atoms with E-state index in [-0.39, 0.29) is 29.3 Å². The van der Waals surface area contributed by atoms with E-state index >= 15 is 0 Å². The van der Waals surface area contributed by atoms with Gasteiger partial charge in [0.15, 0.2) is 11.9 Å². The van der Waals surface area contributed by atoms with Gasteiger partial charge in [0.25, 0.3) is 11.8 Å². The topological polar surface area (TPSA) is 58.6 Å². The normalized spacial score (nSPS) is 15.8. The van der Waals surface area contributed by atoms with Crippen molar-refractivity contribution < 1.29 is 23.1 Å². The summed E-state index contributed by atoms with van der Waals surface area (Å²) in [6.07, 6.45) is -0.721. The summed E-state index contributed by atoms with van der Waals surface area (Å²) >= 11 is 0. The summed E-state index contributed by atoms with van der Waals surface area (Å²) in [5.41, 5.74) is 0.870. The van der Waals surface area contributed by atoms with E-state index < -0.39 is 23.6 Å². The number of nitrogens with one attached hydrogen (secondary N) is 1. The zero-order valence-corrected chi connectivity index (χ0v) is 13.7. The fourth-order valence-corrected chi connectivity index (χ4v) is 2.58. The summed E-state index contributed by atoms with van der Waals surface area (Å²) in [6, 6.07) is 8.05. The van der Waals surface area contributed by atoms with Crippen molar-refractivity contribution in [1.82, 2.24) is 4.90 Å². The molecule has 0 saturated carbocycles. The van der Waals surface area contributed by atoms with Gasteiger partial charge in [0.1, 0.15) is 11.6 Å². The Morgan fingerprint density at radius 2 is 2.04 bits per heavy atom. The Hall–Kier alpha value is -2.96. The molecule has 1 heterocycles. The van der Waals surface area contributed by atoms with Crippen molar-refractivity contribution in [3.63, 3.8) is 0 Å². The zero-order chi connectivity index (χ0) is 18.1. The molecular formula is C18H16F2N2O3. The lowest BCUT2D eigenvalue weighted by Crippen LogP contribution is -2.36. The molecule has 7 heteroatoms. The fraction of sp³-hybridized carbons (Fsp3) is 0.222. The van der Waals surface area contributed by atoms with E-state index in [0.29, 0.717) is 5.69 Å². The quantitative estimate of drug-likeness (QED) is 0.930. The van der Waals surface area contributed by atoms with Crippen LogP contribution in [0.15, 0.2) is 36.4 Å². The smallest absolute Gasteiger partial charge is 0.265 e. The number of carbonyl (C=O) groups is 2. The molecule has 2 amide bonds. The summed E-state index contributed by atoms with van der Waals surface area (Å²) in [4.78, 5) is 25.7. The van der Waals surface area contributed by atoms with Gasteiger partial charge < -0.3 is 15.0 Å². The van der Waals surface area contributed by atoms with Gasteiger partial charge in [0.05, 0.1) is 11.3 Å². The van der Waals surface area contributed by atoms with E-state index in [1.165, 1.54) is 18.0 Å². The number of halogens is 2. The lowest BCUT2D eigenvalue weighted by atomic mass is 10.1. The largest absolute Gasteiger partial charge is 0.478 e. The highest BCUT2D eigenvalue weighted by Gasteiger charge is 2.28. The Morgan fingerprint density at radius 1 is 1.28 bits per heavy atom. The van der Waals surface area contributed by atoms with Crippen molar-refractivity contribution in [1.29, 1.82) is 0 Å². The first kappa shape index (κ1) is 16.9. The third kappa shape index (κ3) is 3.31. The SMILES string of the molecule is CC1Oc2c(cccc2C(=O)N(C)Cc2ccc(F)cc2F)NC1=O. The minimum Gasteiger partial charge on any atom is -0.478 e. The fourth-order valence-electron chi connectivity index (χ4n) is 2.58. The van der Waals surface area contributed by atoms with Crippen LogP contribution < -0.4 is 10.1 Å². The Kier molecular flexibility index (Phi) is 4.39. The second kappa shape index (κ2) is 6.51. The van der Waals surface area contributed by atoms with Crippen LogP contribution in [0.5, 0.6) is 5.75 Å². The number of benzene rings is 2. The number of hydrogen-bond donors (Lipinski definition) is 1. The van der Waals surface area contributed by atoms with Gasteiger partial charge in [0.2, 0.25) is 0 Å². The molecule has 5 nitrogen and oxygen atoms in total. The van der Waals surface area contributed by atoms with Crippen LogP contribution in [0.3, 0.4) is 0 Å². The molecule has 0 spiro atoms. The van der Waals surface area contributed by atoms with Gasteiger partial charge in [-0.2, -0.15) is 0 Å². The first-order valence-electron chi connectivity index (χ1n) is 7.66. The van der Waals surface area contributed by atoms with Gasteiger partial charge in [-0.05, 0) is 25.1 Å². The van der Waals surface area contributed by atoms with Crippen molar-refractivity contribution >= 4 is 17.5 Å². The number of nitrogens with zero attached hydrogens (tertiary/aromatic N) is 1. The summed E-state index contributed by atoms with van der Waals surface area (Å²) in [6.45, 7) is 1.55. The van der Waals surface area contributed by atoms with Crippen molar-refractivity contribution in [2.24, 2.45) is 0 Å². The van der Waals surface area contributed by atoms with Gasteiger partial charge in [-0.3, -0.25) is 9.59 Å². The van der Waals surface area contributed by atoms with Crippen LogP contribution in [0.25, 0.3) is 0 Å². The highest BCUT2D eigenvalue weighted by molar-refractivity contribution is 6.03. The molecule has 1 aliphatic rings. The minimum atomic E-state index is -0.721. The first-order chi connectivity index (χ1) is 11.9. The molecule has 1 unspecified atom stereocenters. The van der Waals surface area contributed by atoms with E-state index in [1.807, 2.05) is 0 Å². The summed E-state index contributed by atoms with van der Waals surface area (Å²) < 4.78 is 32.3. The maximum Gasteiger partial charge on any atom is 0.265 e. The van der Waals surface area contributed by atoms with E-state index in [9.17, 15) is 18.4 Å². The average Bonchev–Trinajstić information content (AvgIpc) is 2.57. The number of carbonyl (C=O) groups excluding carboxylic acids is 2. The lowest BCUT2D eigenvalue weighted by molar-refractivity contribution is -0.122. The number of ether oxygens (including phenoxy) is 1. The third-order valence-electron chi connectivity index (χ3n) is 3.94. The number of para-hydroxylation sites is 1. The number of fused-ring (bicyclic) bond motifs is 1. The van der Waals surface area contributed by atoms with Gasteiger partial charge in [-0.15, -0.1) is 0 Å². The number of rotatable bonds is 3. The standard InChI is InChI=1S/C18H16F2N2O3/c1-10-17(23)21-15-5-3-4-13(16(15)25-10)18(24)22(2)9-11-6-7-12(19)8-14(11)20/h3-8,10H,9H2,1-2H3,(H,21,23). The molecule has 130 valence electrons. The molecule has 2 aromatic carbocycles. The molecule has 25 heavy (non-hydrogen) atoms. The maximum absolute atomic E-state index is 13.8. The molecule has 1 N–H and O–H groups in total. The molecule has 0 aromatic heterocycles. The van der Waals surface area contributed by atoms with Crippen molar-refractivity contribution in [3.8, 4) is 5.75 Å². The van der Waals surface area contributed by atoms with Gasteiger partial charge in [-0.1, -0.05) is 12.1 Å². The zero-order valence-electron chi connectivity index (χ0n) is 13.7. The van der Waals surface area contributed by atoms with E-state index in [4.69, 9.17) is 4.74 Å². The van der Waals surface area contributed by atoms with Crippen LogP contribution in [-0.2, 0) is 11.3 Å². The Morgan fingerprint density at radius 3 is 2.76 bits per heavy atom. The Balaban J connectivity index is 1.86. The predicted molar refractivity (Wildman–Crippen MR) is 87.3 cm³/mol. The molecule has 0 bridgehead atoms. The van der Waals surface area contributed by atoms with E-state index in [2.05, 4.69) is 5.32 Å². The van der Waals surface area contributed by atoms with Crippen LogP contribution in [0.4, 0.5) is 14.5 Å². The van der Waals surface area contributed by atoms with Crippen molar-refractivity contribution in [2.45, 2.75) is 19.6 Å². The summed E-state index contributed by atoms with van der Waals surface area (Å²) in [7, 11) is 1.51. The predicted octanol–water partition coefficient (Wildman–Crippen LogP) is 2.96. The number of anilines is 1.